The van der Waals surface area contributed by atoms with E-state index in [-0.39, 0.29) is 36.3 Å². The first-order valence-electron chi connectivity index (χ1n) is 10.8. The molecule has 0 spiro atoms. The van der Waals surface area contributed by atoms with Gasteiger partial charge in [0.1, 0.15) is 4.83 Å². The van der Waals surface area contributed by atoms with Gasteiger partial charge in [-0.25, -0.2) is 4.98 Å². The number of nitrogens with zero attached hydrogens (tertiary/aromatic N) is 2. The zero-order valence-electron chi connectivity index (χ0n) is 17.1. The normalized spacial score (nSPS) is 15.5. The van der Waals surface area contributed by atoms with Crippen LogP contribution in [-0.2, 0) is 29.0 Å². The van der Waals surface area contributed by atoms with E-state index in [0.29, 0.717) is 11.4 Å². The van der Waals surface area contributed by atoms with E-state index in [1.807, 2.05) is 0 Å². The summed E-state index contributed by atoms with van der Waals surface area (Å²) < 4.78 is 1.54. The van der Waals surface area contributed by atoms with Gasteiger partial charge in [-0.3, -0.25) is 19.0 Å². The first-order valence-corrected chi connectivity index (χ1v) is 11.6. The summed E-state index contributed by atoms with van der Waals surface area (Å²) in [6, 6.07) is 7.12. The maximum Gasteiger partial charge on any atom is 0.262 e. The van der Waals surface area contributed by atoms with E-state index in [2.05, 4.69) is 15.6 Å². The molecule has 31 heavy (non-hydrogen) atoms. The number of nitrogens with one attached hydrogen (secondary N) is 2. The Morgan fingerprint density at radius 2 is 1.90 bits per heavy atom. The van der Waals surface area contributed by atoms with Crippen molar-refractivity contribution in [1.29, 1.82) is 0 Å². The lowest BCUT2D eigenvalue weighted by Gasteiger charge is -2.11. The Bertz CT molecular complexity index is 1230. The van der Waals surface area contributed by atoms with Crippen molar-refractivity contribution in [1.82, 2.24) is 9.55 Å². The van der Waals surface area contributed by atoms with Crippen molar-refractivity contribution >= 4 is 44.7 Å². The number of fused-ring (bicyclic) bond motifs is 3. The molecule has 2 aliphatic rings. The van der Waals surface area contributed by atoms with Crippen LogP contribution in [0.25, 0.3) is 10.2 Å². The van der Waals surface area contributed by atoms with Gasteiger partial charge in [-0.15, -0.1) is 11.3 Å². The SMILES string of the molecule is O=C(CCn1cnc2sc3c(c2c1=O)CCCC3)Nc1cccc(NC(=O)C2CC2)c1. The number of hydrogen-bond acceptors (Lipinski definition) is 5. The number of aromatic nitrogens is 2. The molecule has 0 aliphatic heterocycles. The minimum absolute atomic E-state index is 0.0290. The van der Waals surface area contributed by atoms with Gasteiger partial charge in [0.2, 0.25) is 11.8 Å². The third-order valence-electron chi connectivity index (χ3n) is 5.88. The summed E-state index contributed by atoms with van der Waals surface area (Å²) in [5, 5.41) is 6.47. The lowest BCUT2D eigenvalue weighted by Crippen LogP contribution is -2.24. The number of benzene rings is 1. The van der Waals surface area contributed by atoms with E-state index in [9.17, 15) is 14.4 Å². The van der Waals surface area contributed by atoms with Crippen LogP contribution in [0.5, 0.6) is 0 Å². The highest BCUT2D eigenvalue weighted by atomic mass is 32.1. The monoisotopic (exact) mass is 436 g/mol. The fraction of sp³-hybridized carbons (Fsp3) is 0.391. The van der Waals surface area contributed by atoms with Crippen molar-refractivity contribution in [2.24, 2.45) is 5.92 Å². The number of carbonyl (C=O) groups excluding carboxylic acids is 2. The second-order valence-corrected chi connectivity index (χ2v) is 9.36. The molecule has 2 aromatic heterocycles. The summed E-state index contributed by atoms with van der Waals surface area (Å²) in [7, 11) is 0. The Balaban J connectivity index is 1.24. The van der Waals surface area contributed by atoms with Crippen molar-refractivity contribution in [2.45, 2.75) is 51.5 Å². The fourth-order valence-corrected chi connectivity index (χ4v) is 5.27. The lowest BCUT2D eigenvalue weighted by atomic mass is 9.97. The van der Waals surface area contributed by atoms with E-state index < -0.39 is 0 Å². The van der Waals surface area contributed by atoms with Crippen LogP contribution in [-0.4, -0.2) is 21.4 Å². The minimum atomic E-state index is -0.190. The molecule has 2 amide bonds. The molecule has 160 valence electrons. The minimum Gasteiger partial charge on any atom is -0.326 e. The van der Waals surface area contributed by atoms with Gasteiger partial charge in [-0.05, 0) is 62.3 Å². The third kappa shape index (κ3) is 4.25. The number of aryl methyl sites for hydroxylation is 3. The third-order valence-corrected chi connectivity index (χ3v) is 7.08. The standard InChI is InChI=1S/C23H24N4O3S/c28-19(25-15-4-3-5-16(12-15)26-21(29)14-8-9-14)10-11-27-13-24-22-20(23(27)30)17-6-1-2-7-18(17)31-22/h3-5,12-14H,1-2,6-11H2,(H,25,28)(H,26,29). The zero-order chi connectivity index (χ0) is 21.4. The first-order chi connectivity index (χ1) is 15.1. The zero-order valence-corrected chi connectivity index (χ0v) is 18.0. The molecule has 0 saturated heterocycles. The number of rotatable bonds is 6. The molecule has 0 radical (unpaired) electrons. The molecular formula is C23H24N4O3S. The summed E-state index contributed by atoms with van der Waals surface area (Å²) in [4.78, 5) is 44.0. The Kier molecular flexibility index (Phi) is 5.31. The molecule has 5 rings (SSSR count). The van der Waals surface area contributed by atoms with Crippen molar-refractivity contribution < 1.29 is 9.59 Å². The summed E-state index contributed by atoms with van der Waals surface area (Å²) >= 11 is 1.63. The molecule has 1 aromatic carbocycles. The topological polar surface area (TPSA) is 93.1 Å². The molecule has 0 atom stereocenters. The summed E-state index contributed by atoms with van der Waals surface area (Å²) in [6.07, 6.45) is 7.83. The van der Waals surface area contributed by atoms with Crippen LogP contribution in [0.4, 0.5) is 11.4 Å². The first kappa shape index (κ1) is 19.9. The summed E-state index contributed by atoms with van der Waals surface area (Å²) in [5.74, 6) is -0.0391. The molecule has 1 saturated carbocycles. The molecule has 1 fully saturated rings. The van der Waals surface area contributed by atoms with Crippen LogP contribution < -0.4 is 16.2 Å². The van der Waals surface area contributed by atoms with Crippen LogP contribution in [0.15, 0.2) is 35.4 Å². The van der Waals surface area contributed by atoms with E-state index >= 15 is 0 Å². The van der Waals surface area contributed by atoms with Gasteiger partial charge < -0.3 is 10.6 Å². The number of amides is 2. The van der Waals surface area contributed by atoms with Gasteiger partial charge in [-0.1, -0.05) is 6.07 Å². The van der Waals surface area contributed by atoms with Crippen molar-refractivity contribution in [2.75, 3.05) is 10.6 Å². The summed E-state index contributed by atoms with van der Waals surface area (Å²) in [6.45, 7) is 0.274. The Morgan fingerprint density at radius 3 is 2.71 bits per heavy atom. The van der Waals surface area contributed by atoms with Gasteiger partial charge in [0.25, 0.3) is 5.56 Å². The maximum atomic E-state index is 13.0. The van der Waals surface area contributed by atoms with Crippen LogP contribution in [0.1, 0.15) is 42.5 Å². The smallest absolute Gasteiger partial charge is 0.262 e. The highest BCUT2D eigenvalue weighted by Crippen LogP contribution is 2.33. The predicted molar refractivity (Wildman–Crippen MR) is 122 cm³/mol. The molecule has 2 heterocycles. The largest absolute Gasteiger partial charge is 0.326 e. The van der Waals surface area contributed by atoms with Crippen molar-refractivity contribution in [3.8, 4) is 0 Å². The van der Waals surface area contributed by atoms with Gasteiger partial charge in [-0.2, -0.15) is 0 Å². The molecule has 0 unspecified atom stereocenters. The van der Waals surface area contributed by atoms with Crippen molar-refractivity contribution in [3.63, 3.8) is 0 Å². The van der Waals surface area contributed by atoms with Gasteiger partial charge in [0, 0.05) is 35.1 Å². The van der Waals surface area contributed by atoms with Gasteiger partial charge in [0.15, 0.2) is 0 Å². The van der Waals surface area contributed by atoms with E-state index in [4.69, 9.17) is 0 Å². The molecule has 8 heteroatoms. The Labute approximate surface area is 183 Å². The highest BCUT2D eigenvalue weighted by Gasteiger charge is 2.29. The second-order valence-electron chi connectivity index (χ2n) is 8.28. The molecule has 3 aromatic rings. The fourth-order valence-electron chi connectivity index (χ4n) is 4.05. The molecular weight excluding hydrogens is 412 g/mol. The maximum absolute atomic E-state index is 13.0. The van der Waals surface area contributed by atoms with Crippen molar-refractivity contribution in [3.05, 3.63) is 51.4 Å². The van der Waals surface area contributed by atoms with Gasteiger partial charge >= 0.3 is 0 Å². The quantitative estimate of drug-likeness (QED) is 0.616. The average Bonchev–Trinajstić information content (AvgIpc) is 3.54. The molecule has 7 nitrogen and oxygen atoms in total. The molecule has 2 aliphatic carbocycles. The lowest BCUT2D eigenvalue weighted by molar-refractivity contribution is -0.117. The second kappa shape index (κ2) is 8.26. The average molecular weight is 437 g/mol. The summed E-state index contributed by atoms with van der Waals surface area (Å²) in [5.41, 5.74) is 2.39. The molecule has 0 bridgehead atoms. The number of anilines is 2. The predicted octanol–water partition coefficient (Wildman–Crippen LogP) is 3.71. The number of hydrogen-bond donors (Lipinski definition) is 2. The Hall–Kier alpha value is -3.00. The van der Waals surface area contributed by atoms with Crippen LogP contribution in [0.2, 0.25) is 0 Å². The van der Waals surface area contributed by atoms with Gasteiger partial charge in [0.05, 0.1) is 11.7 Å². The Morgan fingerprint density at radius 1 is 1.13 bits per heavy atom. The van der Waals surface area contributed by atoms with E-state index in [1.165, 1.54) is 15.9 Å². The number of carbonyl (C=O) groups is 2. The van der Waals surface area contributed by atoms with Crippen LogP contribution in [0.3, 0.4) is 0 Å². The van der Waals surface area contributed by atoms with Crippen LogP contribution in [0, 0.1) is 5.92 Å². The van der Waals surface area contributed by atoms with E-state index in [0.717, 1.165) is 47.9 Å². The molecule has 2 N–H and O–H groups in total. The van der Waals surface area contributed by atoms with E-state index in [1.54, 1.807) is 41.9 Å². The van der Waals surface area contributed by atoms with Crippen LogP contribution >= 0.6 is 11.3 Å². The highest BCUT2D eigenvalue weighted by molar-refractivity contribution is 7.18. The number of thiophene rings is 1.